The van der Waals surface area contributed by atoms with Crippen molar-refractivity contribution < 1.29 is 31.3 Å². The molecule has 5 nitrogen and oxygen atoms in total. The fourth-order valence-corrected chi connectivity index (χ4v) is 4.71. The number of hydrogen-bond acceptors (Lipinski definition) is 4. The number of hydrogen-bond donors (Lipinski definition) is 1. The Kier molecular flexibility index (Phi) is 7.48. The van der Waals surface area contributed by atoms with Crippen molar-refractivity contribution in [3.05, 3.63) is 108 Å². The highest BCUT2D eigenvalue weighted by Gasteiger charge is 2.55. The smallest absolute Gasteiger partial charge is 0.402 e. The highest BCUT2D eigenvalue weighted by atomic mass is 32.2. The van der Waals surface area contributed by atoms with E-state index in [1.807, 2.05) is 74.5 Å². The molecule has 3 aromatic rings. The summed E-state index contributed by atoms with van der Waals surface area (Å²) >= 11 is 0. The number of alkyl halides is 2. The van der Waals surface area contributed by atoms with E-state index >= 15 is 0 Å². The minimum atomic E-state index is -5.76. The largest absolute Gasteiger partial charge is 0.457 e. The SMILES string of the molecule is CC(C(=O)OCC(F)(F)S(=O)(=O)O)(c1ccccc1)C(C)(C)C(c1ccccc1)c1ccccc1. The molecule has 0 saturated heterocycles. The van der Waals surface area contributed by atoms with Crippen molar-refractivity contribution in [2.75, 3.05) is 6.61 Å². The molecule has 0 radical (unpaired) electrons. The summed E-state index contributed by atoms with van der Waals surface area (Å²) in [6.45, 7) is 3.51. The van der Waals surface area contributed by atoms with Crippen LogP contribution < -0.4 is 0 Å². The highest BCUT2D eigenvalue weighted by Crippen LogP contribution is 2.54. The first-order valence-corrected chi connectivity index (χ1v) is 12.4. The molecule has 0 aliphatic heterocycles. The van der Waals surface area contributed by atoms with E-state index in [9.17, 15) is 22.0 Å². The number of esters is 1. The molecule has 1 atom stereocenters. The van der Waals surface area contributed by atoms with Gasteiger partial charge in [0.2, 0.25) is 0 Å². The molecule has 8 heteroatoms. The van der Waals surface area contributed by atoms with Crippen molar-refractivity contribution in [3.63, 3.8) is 0 Å². The Morgan fingerprint density at radius 1 is 0.829 bits per heavy atom. The molecule has 0 aliphatic rings. The molecule has 186 valence electrons. The lowest BCUT2D eigenvalue weighted by molar-refractivity contribution is -0.161. The van der Waals surface area contributed by atoms with Gasteiger partial charge in [-0.2, -0.15) is 17.2 Å². The Hall–Kier alpha value is -3.10. The van der Waals surface area contributed by atoms with Crippen LogP contribution in [-0.4, -0.2) is 30.8 Å². The van der Waals surface area contributed by atoms with Crippen LogP contribution in [0.25, 0.3) is 0 Å². The molecular formula is C27H28F2O5S. The van der Waals surface area contributed by atoms with Crippen LogP contribution in [0.15, 0.2) is 91.0 Å². The lowest BCUT2D eigenvalue weighted by Crippen LogP contribution is -2.51. The Morgan fingerprint density at radius 3 is 1.63 bits per heavy atom. The van der Waals surface area contributed by atoms with Gasteiger partial charge in [-0.3, -0.25) is 9.35 Å². The fourth-order valence-electron chi connectivity index (χ4n) is 4.50. The number of carbonyl (C=O) groups is 1. The number of rotatable bonds is 9. The predicted octanol–water partition coefficient (Wildman–Crippen LogP) is 5.83. The van der Waals surface area contributed by atoms with Crippen molar-refractivity contribution in [1.29, 1.82) is 0 Å². The third-order valence-electron chi connectivity index (χ3n) is 6.78. The maximum absolute atomic E-state index is 14.0. The number of ether oxygens (including phenoxy) is 1. The van der Waals surface area contributed by atoms with Crippen LogP contribution in [0, 0.1) is 5.41 Å². The van der Waals surface area contributed by atoms with Gasteiger partial charge in [0.25, 0.3) is 0 Å². The average molecular weight is 503 g/mol. The third kappa shape index (κ3) is 5.13. The fraction of sp³-hybridized carbons (Fsp3) is 0.296. The summed E-state index contributed by atoms with van der Waals surface area (Å²) in [5.74, 6) is -1.40. The molecule has 35 heavy (non-hydrogen) atoms. The molecular weight excluding hydrogens is 474 g/mol. The first-order chi connectivity index (χ1) is 16.3. The van der Waals surface area contributed by atoms with Crippen LogP contribution in [0.3, 0.4) is 0 Å². The minimum absolute atomic E-state index is 0.371. The monoisotopic (exact) mass is 502 g/mol. The Bertz CT molecular complexity index is 1210. The molecule has 3 rings (SSSR count). The van der Waals surface area contributed by atoms with Gasteiger partial charge in [-0.05, 0) is 29.0 Å². The zero-order valence-electron chi connectivity index (χ0n) is 19.7. The lowest BCUT2D eigenvalue weighted by atomic mass is 9.54. The van der Waals surface area contributed by atoms with Gasteiger partial charge in [-0.1, -0.05) is 105 Å². The van der Waals surface area contributed by atoms with Gasteiger partial charge < -0.3 is 4.74 Å². The van der Waals surface area contributed by atoms with Crippen LogP contribution in [0.2, 0.25) is 0 Å². The average Bonchev–Trinajstić information content (AvgIpc) is 2.83. The molecule has 0 heterocycles. The van der Waals surface area contributed by atoms with Crippen LogP contribution in [0.1, 0.15) is 43.4 Å². The van der Waals surface area contributed by atoms with Crippen molar-refractivity contribution in [2.24, 2.45) is 5.41 Å². The van der Waals surface area contributed by atoms with Crippen molar-refractivity contribution in [3.8, 4) is 0 Å². The zero-order chi connectivity index (χ0) is 25.9. The first kappa shape index (κ1) is 26.5. The van der Waals surface area contributed by atoms with Gasteiger partial charge in [0, 0.05) is 5.92 Å². The molecule has 1 N–H and O–H groups in total. The normalized spacial score (nSPS) is 14.4. The van der Waals surface area contributed by atoms with Gasteiger partial charge in [0.15, 0.2) is 6.61 Å². The second-order valence-electron chi connectivity index (χ2n) is 9.16. The van der Waals surface area contributed by atoms with E-state index in [4.69, 9.17) is 9.29 Å². The van der Waals surface area contributed by atoms with E-state index in [1.165, 1.54) is 0 Å². The predicted molar refractivity (Wildman–Crippen MR) is 130 cm³/mol. The number of halogens is 2. The van der Waals surface area contributed by atoms with Gasteiger partial charge in [0.05, 0.1) is 5.41 Å². The minimum Gasteiger partial charge on any atom is -0.457 e. The summed E-state index contributed by atoms with van der Waals surface area (Å²) in [4.78, 5) is 13.6. The van der Waals surface area contributed by atoms with E-state index in [0.717, 1.165) is 11.1 Å². The zero-order valence-corrected chi connectivity index (χ0v) is 20.5. The number of carbonyl (C=O) groups excluding carboxylic acids is 1. The van der Waals surface area contributed by atoms with E-state index in [-0.39, 0.29) is 5.92 Å². The molecule has 0 aliphatic carbocycles. The summed E-state index contributed by atoms with van der Waals surface area (Å²) in [7, 11) is -5.76. The van der Waals surface area contributed by atoms with E-state index in [0.29, 0.717) is 5.56 Å². The van der Waals surface area contributed by atoms with E-state index in [2.05, 4.69) is 0 Å². The quantitative estimate of drug-likeness (QED) is 0.294. The van der Waals surface area contributed by atoms with E-state index < -0.39 is 38.8 Å². The maximum Gasteiger partial charge on any atom is 0.402 e. The molecule has 0 spiro atoms. The Morgan fingerprint density at radius 2 is 1.23 bits per heavy atom. The molecule has 0 bridgehead atoms. The number of benzene rings is 3. The lowest BCUT2D eigenvalue weighted by Gasteiger charge is -2.48. The highest BCUT2D eigenvalue weighted by molar-refractivity contribution is 7.86. The summed E-state index contributed by atoms with van der Waals surface area (Å²) in [5.41, 5.74) is -0.146. The molecule has 3 aromatic carbocycles. The second kappa shape index (κ2) is 9.87. The molecule has 1 unspecified atom stereocenters. The van der Waals surface area contributed by atoms with Gasteiger partial charge in [-0.25, -0.2) is 0 Å². The summed E-state index contributed by atoms with van der Waals surface area (Å²) < 4.78 is 63.8. The van der Waals surface area contributed by atoms with E-state index in [1.54, 1.807) is 37.3 Å². The molecule has 0 fully saturated rings. The van der Waals surface area contributed by atoms with Gasteiger partial charge >= 0.3 is 21.3 Å². The Labute approximate surface area is 204 Å². The molecule has 0 aromatic heterocycles. The third-order valence-corrected chi connectivity index (χ3v) is 7.66. The van der Waals surface area contributed by atoms with Crippen LogP contribution >= 0.6 is 0 Å². The van der Waals surface area contributed by atoms with Crippen LogP contribution in [0.4, 0.5) is 8.78 Å². The Balaban J connectivity index is 2.17. The summed E-state index contributed by atoms with van der Waals surface area (Å²) in [6.07, 6.45) is 0. The maximum atomic E-state index is 14.0. The van der Waals surface area contributed by atoms with Crippen LogP contribution in [0.5, 0.6) is 0 Å². The van der Waals surface area contributed by atoms with Crippen molar-refractivity contribution in [1.82, 2.24) is 0 Å². The topological polar surface area (TPSA) is 80.7 Å². The first-order valence-electron chi connectivity index (χ1n) is 11.0. The van der Waals surface area contributed by atoms with Crippen molar-refractivity contribution >= 4 is 16.1 Å². The molecule has 0 amide bonds. The van der Waals surface area contributed by atoms with Crippen LogP contribution in [-0.2, 0) is 25.1 Å². The standard InChI is InChI=1S/C27H28F2O5S/c1-25(2,23(20-13-7-4-8-14-20)21-15-9-5-10-16-21)26(3,22-17-11-6-12-18-22)24(30)34-19-27(28,29)35(31,32)33/h4-18,23H,19H2,1-3H3,(H,31,32,33). The summed E-state index contributed by atoms with van der Waals surface area (Å²) in [5, 5.41) is -4.64. The van der Waals surface area contributed by atoms with Gasteiger partial charge in [-0.15, -0.1) is 0 Å². The summed E-state index contributed by atoms with van der Waals surface area (Å²) in [6, 6.07) is 27.6. The molecule has 0 saturated carbocycles. The van der Waals surface area contributed by atoms with Crippen molar-refractivity contribution in [2.45, 2.75) is 37.4 Å². The second-order valence-corrected chi connectivity index (χ2v) is 10.7. The van der Waals surface area contributed by atoms with Gasteiger partial charge in [0.1, 0.15) is 0 Å².